The molecule has 11 nitrogen and oxygen atoms in total. The molecule has 1 heterocycles. The SMILES string of the molecule is CC(=O)OC1[C@@H]2[C@@](C)([C@@H](OC(C)=O)CC/C(C)=C\[C@@H]3OC(=O)[C@H](C)[C@@]13O)[C@@H](OC(C)=O)CC(=O)[C@@]2(C)O. The maximum absolute atomic E-state index is 13.3. The summed E-state index contributed by atoms with van der Waals surface area (Å²) in [6.45, 7) is 9.37. The van der Waals surface area contributed by atoms with E-state index in [1.165, 1.54) is 26.8 Å². The van der Waals surface area contributed by atoms with Crippen molar-refractivity contribution < 1.29 is 53.1 Å². The summed E-state index contributed by atoms with van der Waals surface area (Å²) in [5.74, 6) is -6.45. The van der Waals surface area contributed by atoms with Crippen LogP contribution in [-0.2, 0) is 42.9 Å². The normalized spacial score (nSPS) is 43.3. The third-order valence-corrected chi connectivity index (χ3v) is 8.25. The van der Waals surface area contributed by atoms with E-state index in [0.29, 0.717) is 12.0 Å². The fraction of sp³-hybridized carbons (Fsp3) is 0.731. The molecule has 1 saturated carbocycles. The number of aliphatic hydroxyl groups is 2. The number of ether oxygens (including phenoxy) is 4. The van der Waals surface area contributed by atoms with Crippen molar-refractivity contribution in [2.75, 3.05) is 0 Å². The molecule has 1 aliphatic heterocycles. The molecule has 3 rings (SSSR count). The van der Waals surface area contributed by atoms with Crippen molar-refractivity contribution in [3.05, 3.63) is 11.6 Å². The van der Waals surface area contributed by atoms with E-state index in [4.69, 9.17) is 18.9 Å². The van der Waals surface area contributed by atoms with E-state index in [-0.39, 0.29) is 6.42 Å². The number of hydrogen-bond donors (Lipinski definition) is 2. The molecule has 0 aromatic heterocycles. The lowest BCUT2D eigenvalue weighted by Crippen LogP contribution is -2.73. The first-order valence-electron chi connectivity index (χ1n) is 12.3. The molecule has 3 aliphatic rings. The van der Waals surface area contributed by atoms with Gasteiger partial charge in [0.05, 0.1) is 11.3 Å². The number of hydrogen-bond acceptors (Lipinski definition) is 11. The number of carbonyl (C=O) groups excluding carboxylic acids is 5. The fourth-order valence-electron chi connectivity index (χ4n) is 6.31. The third-order valence-electron chi connectivity index (χ3n) is 8.25. The second kappa shape index (κ2) is 9.83. The Kier molecular flexibility index (Phi) is 7.64. The van der Waals surface area contributed by atoms with Crippen molar-refractivity contribution >= 4 is 29.7 Å². The average molecular weight is 525 g/mol. The molecule has 11 heteroatoms. The monoisotopic (exact) mass is 524 g/mol. The Balaban J connectivity index is 2.43. The molecule has 0 bridgehead atoms. The van der Waals surface area contributed by atoms with Crippen molar-refractivity contribution in [2.45, 2.75) is 103 Å². The van der Waals surface area contributed by atoms with E-state index < -0.39 is 89.0 Å². The Morgan fingerprint density at radius 1 is 0.973 bits per heavy atom. The molecule has 9 atom stereocenters. The van der Waals surface area contributed by atoms with E-state index in [9.17, 15) is 34.2 Å². The Morgan fingerprint density at radius 2 is 1.51 bits per heavy atom. The van der Waals surface area contributed by atoms with Gasteiger partial charge in [-0.05, 0) is 39.7 Å². The topological polar surface area (TPSA) is 163 Å². The number of ketones is 1. The zero-order valence-corrected chi connectivity index (χ0v) is 22.2. The van der Waals surface area contributed by atoms with Crippen LogP contribution in [0.5, 0.6) is 0 Å². The van der Waals surface area contributed by atoms with E-state index in [1.807, 2.05) is 0 Å². The maximum Gasteiger partial charge on any atom is 0.312 e. The summed E-state index contributed by atoms with van der Waals surface area (Å²) in [5.41, 5.74) is -5.35. The Labute approximate surface area is 215 Å². The van der Waals surface area contributed by atoms with Crippen LogP contribution in [0.1, 0.15) is 67.7 Å². The quantitative estimate of drug-likeness (QED) is 0.309. The first-order valence-corrected chi connectivity index (χ1v) is 12.3. The minimum Gasteiger partial charge on any atom is -0.462 e. The second-order valence-electron chi connectivity index (χ2n) is 10.9. The van der Waals surface area contributed by atoms with Gasteiger partial charge in [-0.2, -0.15) is 0 Å². The van der Waals surface area contributed by atoms with E-state index in [1.54, 1.807) is 13.8 Å². The summed E-state index contributed by atoms with van der Waals surface area (Å²) in [4.78, 5) is 62.9. The molecule has 0 radical (unpaired) electrons. The number of fused-ring (bicyclic) bond motifs is 2. The standard InChI is InChI=1S/C26H36O11/c1-12-8-9-18(34-14(3)27)24(6)19(35-15(4)28)11-17(30)25(7,32)21(24)22(36-16(5)29)26(33)13(2)23(31)37-20(26)10-12/h10,13,18-22,32-33H,8-9,11H2,1-7H3/b12-10-/t13-,18-,19-,20-,21+,22?,24-,25+,26-/m0/s1. The largest absolute Gasteiger partial charge is 0.462 e. The molecular formula is C26H36O11. The lowest BCUT2D eigenvalue weighted by atomic mass is 9.51. The predicted molar refractivity (Wildman–Crippen MR) is 125 cm³/mol. The summed E-state index contributed by atoms with van der Waals surface area (Å²) in [5, 5.41) is 23.9. The number of Topliss-reactive ketones (excluding diaryl/α,β-unsaturated/α-hetero) is 1. The van der Waals surface area contributed by atoms with Gasteiger partial charge < -0.3 is 29.2 Å². The van der Waals surface area contributed by atoms with Gasteiger partial charge in [-0.25, -0.2) is 0 Å². The highest BCUT2D eigenvalue weighted by molar-refractivity contribution is 5.89. The summed E-state index contributed by atoms with van der Waals surface area (Å²) in [6, 6.07) is 0. The van der Waals surface area contributed by atoms with Gasteiger partial charge in [0, 0.05) is 33.1 Å². The molecule has 2 N–H and O–H groups in total. The van der Waals surface area contributed by atoms with Gasteiger partial charge in [-0.15, -0.1) is 0 Å². The lowest BCUT2D eigenvalue weighted by Gasteiger charge is -2.58. The minimum absolute atomic E-state index is 0.179. The molecule has 1 unspecified atom stereocenters. The van der Waals surface area contributed by atoms with Crippen LogP contribution < -0.4 is 0 Å². The first kappa shape index (κ1) is 28.8. The summed E-state index contributed by atoms with van der Waals surface area (Å²) < 4.78 is 22.5. The Morgan fingerprint density at radius 3 is 2.05 bits per heavy atom. The van der Waals surface area contributed by atoms with Crippen LogP contribution in [0, 0.1) is 17.3 Å². The molecule has 2 fully saturated rings. The summed E-state index contributed by atoms with van der Waals surface area (Å²) in [6.07, 6.45) is -3.62. The van der Waals surface area contributed by atoms with Crippen LogP contribution >= 0.6 is 0 Å². The molecule has 37 heavy (non-hydrogen) atoms. The lowest BCUT2D eigenvalue weighted by molar-refractivity contribution is -0.258. The van der Waals surface area contributed by atoms with Crippen LogP contribution in [0.3, 0.4) is 0 Å². The zero-order chi connectivity index (χ0) is 28.1. The zero-order valence-electron chi connectivity index (χ0n) is 22.2. The van der Waals surface area contributed by atoms with Gasteiger partial charge in [0.25, 0.3) is 0 Å². The van der Waals surface area contributed by atoms with Crippen LogP contribution in [0.15, 0.2) is 11.6 Å². The number of esters is 4. The van der Waals surface area contributed by atoms with Gasteiger partial charge in [0.1, 0.15) is 23.9 Å². The smallest absolute Gasteiger partial charge is 0.312 e. The van der Waals surface area contributed by atoms with Gasteiger partial charge >= 0.3 is 23.9 Å². The number of rotatable bonds is 3. The average Bonchev–Trinajstić information content (AvgIpc) is 2.97. The molecule has 0 aromatic carbocycles. The maximum atomic E-state index is 13.3. The van der Waals surface area contributed by atoms with Gasteiger partial charge in [0.2, 0.25) is 0 Å². The fourth-order valence-corrected chi connectivity index (χ4v) is 6.31. The van der Waals surface area contributed by atoms with Crippen molar-refractivity contribution in [1.82, 2.24) is 0 Å². The van der Waals surface area contributed by atoms with E-state index >= 15 is 0 Å². The molecule has 206 valence electrons. The van der Waals surface area contributed by atoms with Crippen LogP contribution in [0.2, 0.25) is 0 Å². The number of carbonyl (C=O) groups is 5. The van der Waals surface area contributed by atoms with Crippen LogP contribution in [-0.4, -0.2) is 75.5 Å². The van der Waals surface area contributed by atoms with Crippen LogP contribution in [0.4, 0.5) is 0 Å². The van der Waals surface area contributed by atoms with Crippen molar-refractivity contribution in [3.63, 3.8) is 0 Å². The predicted octanol–water partition coefficient (Wildman–Crippen LogP) is 1.16. The highest BCUT2D eigenvalue weighted by Crippen LogP contribution is 2.57. The number of allylic oxidation sites excluding steroid dienone is 1. The third kappa shape index (κ3) is 4.79. The molecule has 1 saturated heterocycles. The summed E-state index contributed by atoms with van der Waals surface area (Å²) >= 11 is 0. The van der Waals surface area contributed by atoms with Crippen molar-refractivity contribution in [1.29, 1.82) is 0 Å². The highest BCUT2D eigenvalue weighted by atomic mass is 16.6. The van der Waals surface area contributed by atoms with Crippen molar-refractivity contribution in [3.8, 4) is 0 Å². The van der Waals surface area contributed by atoms with E-state index in [2.05, 4.69) is 0 Å². The molecule has 0 amide bonds. The van der Waals surface area contributed by atoms with Crippen LogP contribution in [0.25, 0.3) is 0 Å². The van der Waals surface area contributed by atoms with Gasteiger partial charge in [-0.3, -0.25) is 24.0 Å². The molecular weight excluding hydrogens is 488 g/mol. The van der Waals surface area contributed by atoms with Crippen molar-refractivity contribution in [2.24, 2.45) is 17.3 Å². The van der Waals surface area contributed by atoms with E-state index in [0.717, 1.165) is 13.8 Å². The molecule has 0 spiro atoms. The molecule has 0 aromatic rings. The molecule has 2 aliphatic carbocycles. The highest BCUT2D eigenvalue weighted by Gasteiger charge is 2.72. The minimum atomic E-state index is -2.26. The Hall–Kier alpha value is -2.79. The van der Waals surface area contributed by atoms with Gasteiger partial charge in [0.15, 0.2) is 17.5 Å². The second-order valence-corrected chi connectivity index (χ2v) is 10.9. The Bertz CT molecular complexity index is 1030. The summed E-state index contributed by atoms with van der Waals surface area (Å²) in [7, 11) is 0. The first-order chi connectivity index (χ1) is 17.0. The van der Waals surface area contributed by atoms with Gasteiger partial charge in [-0.1, -0.05) is 12.5 Å².